The molecule has 2 aromatic rings. The Kier molecular flexibility index (Phi) is 3.59. The fourth-order valence-electron chi connectivity index (χ4n) is 1.79. The van der Waals surface area contributed by atoms with Crippen molar-refractivity contribution in [3.8, 4) is 6.07 Å². The second-order valence-electron chi connectivity index (χ2n) is 4.41. The van der Waals surface area contributed by atoms with Crippen LogP contribution in [-0.4, -0.2) is 4.98 Å². The summed E-state index contributed by atoms with van der Waals surface area (Å²) in [4.78, 5) is 4.36. The zero-order valence-electron chi connectivity index (χ0n) is 10.5. The van der Waals surface area contributed by atoms with Gasteiger partial charge in [0, 0.05) is 11.9 Å². The second-order valence-corrected chi connectivity index (χ2v) is 4.41. The lowest BCUT2D eigenvalue weighted by Crippen LogP contribution is -2.00. The lowest BCUT2D eigenvalue weighted by molar-refractivity contribution is 0.861. The molecule has 0 spiro atoms. The lowest BCUT2D eigenvalue weighted by atomic mass is 10.0. The highest BCUT2D eigenvalue weighted by atomic mass is 15.0. The molecule has 3 nitrogen and oxygen atoms in total. The first-order valence-corrected chi connectivity index (χ1v) is 5.93. The average Bonchev–Trinajstić information content (AvgIpc) is 2.39. The molecule has 0 amide bonds. The van der Waals surface area contributed by atoms with E-state index in [-0.39, 0.29) is 0 Å². The van der Waals surface area contributed by atoms with Crippen LogP contribution in [0.4, 0.5) is 11.5 Å². The van der Waals surface area contributed by atoms with E-state index in [0.717, 1.165) is 11.5 Å². The molecule has 2 rings (SSSR count). The molecule has 0 unspecified atom stereocenters. The molecule has 18 heavy (non-hydrogen) atoms. The average molecular weight is 237 g/mol. The number of nitrogens with zero attached hydrogens (tertiary/aromatic N) is 2. The van der Waals surface area contributed by atoms with Crippen LogP contribution in [0, 0.1) is 11.3 Å². The normalized spacial score (nSPS) is 10.1. The Bertz CT molecular complexity index is 582. The van der Waals surface area contributed by atoms with E-state index in [1.807, 2.05) is 24.3 Å². The molecule has 1 N–H and O–H groups in total. The van der Waals surface area contributed by atoms with Crippen LogP contribution in [0.2, 0.25) is 0 Å². The van der Waals surface area contributed by atoms with Crippen molar-refractivity contribution in [3.05, 3.63) is 53.7 Å². The molecule has 0 saturated carbocycles. The third kappa shape index (κ3) is 2.67. The van der Waals surface area contributed by atoms with Crippen LogP contribution in [0.15, 0.2) is 42.6 Å². The van der Waals surface area contributed by atoms with E-state index >= 15 is 0 Å². The first-order chi connectivity index (χ1) is 8.70. The molecule has 1 aromatic carbocycles. The van der Waals surface area contributed by atoms with Gasteiger partial charge in [-0.3, -0.25) is 0 Å². The Morgan fingerprint density at radius 2 is 2.06 bits per heavy atom. The number of nitriles is 1. The summed E-state index contributed by atoms with van der Waals surface area (Å²) in [5.41, 5.74) is 2.69. The first-order valence-electron chi connectivity index (χ1n) is 5.93. The molecule has 1 heterocycles. The van der Waals surface area contributed by atoms with Crippen molar-refractivity contribution in [2.45, 2.75) is 19.8 Å². The van der Waals surface area contributed by atoms with Crippen LogP contribution in [-0.2, 0) is 0 Å². The van der Waals surface area contributed by atoms with E-state index < -0.39 is 0 Å². The monoisotopic (exact) mass is 237 g/mol. The summed E-state index contributed by atoms with van der Waals surface area (Å²) < 4.78 is 0. The fraction of sp³-hybridized carbons (Fsp3) is 0.200. The molecule has 0 radical (unpaired) electrons. The lowest BCUT2D eigenvalue weighted by Gasteiger charge is -2.13. The second kappa shape index (κ2) is 5.33. The van der Waals surface area contributed by atoms with E-state index in [1.165, 1.54) is 5.56 Å². The highest BCUT2D eigenvalue weighted by molar-refractivity contribution is 5.61. The number of pyridine rings is 1. The predicted octanol–water partition coefficient (Wildman–Crippen LogP) is 3.82. The standard InChI is InChI=1S/C15H15N3/c1-11(2)14-7-4-8-17-15(14)18-13-6-3-5-12(9-13)10-16/h3-9,11H,1-2H3,(H,17,18). The Balaban J connectivity index is 2.31. The number of hydrogen-bond donors (Lipinski definition) is 1. The summed E-state index contributed by atoms with van der Waals surface area (Å²) in [6, 6.07) is 13.5. The summed E-state index contributed by atoms with van der Waals surface area (Å²) in [7, 11) is 0. The van der Waals surface area contributed by atoms with Gasteiger partial charge in [-0.2, -0.15) is 5.26 Å². The summed E-state index contributed by atoms with van der Waals surface area (Å²) in [5.74, 6) is 1.25. The van der Waals surface area contributed by atoms with Crippen LogP contribution < -0.4 is 5.32 Å². The summed E-state index contributed by atoms with van der Waals surface area (Å²) in [6.45, 7) is 4.27. The van der Waals surface area contributed by atoms with Gasteiger partial charge >= 0.3 is 0 Å². The van der Waals surface area contributed by atoms with E-state index in [4.69, 9.17) is 5.26 Å². The predicted molar refractivity (Wildman–Crippen MR) is 72.8 cm³/mol. The van der Waals surface area contributed by atoms with Crippen molar-refractivity contribution in [3.63, 3.8) is 0 Å². The minimum absolute atomic E-state index is 0.403. The van der Waals surface area contributed by atoms with Gasteiger partial charge in [0.15, 0.2) is 0 Å². The quantitative estimate of drug-likeness (QED) is 0.882. The van der Waals surface area contributed by atoms with Crippen molar-refractivity contribution in [2.24, 2.45) is 0 Å². The SMILES string of the molecule is CC(C)c1cccnc1Nc1cccc(C#N)c1. The largest absolute Gasteiger partial charge is 0.340 e. The van der Waals surface area contributed by atoms with E-state index in [1.54, 1.807) is 12.3 Å². The molecule has 90 valence electrons. The molecule has 1 aromatic heterocycles. The molecular weight excluding hydrogens is 222 g/mol. The maximum absolute atomic E-state index is 8.88. The van der Waals surface area contributed by atoms with Crippen molar-refractivity contribution in [1.29, 1.82) is 5.26 Å². The van der Waals surface area contributed by atoms with Gasteiger partial charge in [0.2, 0.25) is 0 Å². The van der Waals surface area contributed by atoms with Crippen LogP contribution in [0.1, 0.15) is 30.9 Å². The molecule has 0 bridgehead atoms. The number of rotatable bonds is 3. The van der Waals surface area contributed by atoms with Gasteiger partial charge in [-0.05, 0) is 35.7 Å². The third-order valence-corrected chi connectivity index (χ3v) is 2.72. The molecule has 0 fully saturated rings. The van der Waals surface area contributed by atoms with Gasteiger partial charge < -0.3 is 5.32 Å². The molecule has 0 aliphatic heterocycles. The highest BCUT2D eigenvalue weighted by Gasteiger charge is 2.07. The Morgan fingerprint density at radius 3 is 2.78 bits per heavy atom. The van der Waals surface area contributed by atoms with Crippen LogP contribution in [0.3, 0.4) is 0 Å². The van der Waals surface area contributed by atoms with Crippen molar-refractivity contribution < 1.29 is 0 Å². The maximum atomic E-state index is 8.88. The van der Waals surface area contributed by atoms with Crippen molar-refractivity contribution in [2.75, 3.05) is 5.32 Å². The number of hydrogen-bond acceptors (Lipinski definition) is 3. The van der Waals surface area contributed by atoms with Crippen molar-refractivity contribution >= 4 is 11.5 Å². The van der Waals surface area contributed by atoms with E-state index in [9.17, 15) is 0 Å². The molecule has 0 aliphatic carbocycles. The van der Waals surface area contributed by atoms with Crippen LogP contribution in [0.5, 0.6) is 0 Å². The van der Waals surface area contributed by atoms with Gasteiger partial charge in [-0.1, -0.05) is 26.0 Å². The van der Waals surface area contributed by atoms with Crippen LogP contribution in [0.25, 0.3) is 0 Å². The van der Waals surface area contributed by atoms with E-state index in [0.29, 0.717) is 11.5 Å². The first kappa shape index (κ1) is 12.1. The zero-order chi connectivity index (χ0) is 13.0. The number of benzene rings is 1. The Morgan fingerprint density at radius 1 is 1.22 bits per heavy atom. The Hall–Kier alpha value is -2.34. The molecule has 0 aliphatic rings. The minimum Gasteiger partial charge on any atom is -0.340 e. The number of aromatic nitrogens is 1. The molecule has 0 saturated heterocycles. The smallest absolute Gasteiger partial charge is 0.133 e. The third-order valence-electron chi connectivity index (χ3n) is 2.72. The minimum atomic E-state index is 0.403. The van der Waals surface area contributed by atoms with Gasteiger partial charge in [0.1, 0.15) is 5.82 Å². The fourth-order valence-corrected chi connectivity index (χ4v) is 1.79. The highest BCUT2D eigenvalue weighted by Crippen LogP contribution is 2.24. The maximum Gasteiger partial charge on any atom is 0.133 e. The van der Waals surface area contributed by atoms with Crippen LogP contribution >= 0.6 is 0 Å². The zero-order valence-corrected chi connectivity index (χ0v) is 10.5. The topological polar surface area (TPSA) is 48.7 Å². The Labute approximate surface area is 107 Å². The van der Waals surface area contributed by atoms with Gasteiger partial charge in [-0.15, -0.1) is 0 Å². The van der Waals surface area contributed by atoms with Gasteiger partial charge in [0.25, 0.3) is 0 Å². The van der Waals surface area contributed by atoms with Crippen molar-refractivity contribution in [1.82, 2.24) is 4.98 Å². The molecular formula is C15H15N3. The van der Waals surface area contributed by atoms with Gasteiger partial charge in [0.05, 0.1) is 11.6 Å². The number of nitrogens with one attached hydrogen (secondary N) is 1. The summed E-state index contributed by atoms with van der Waals surface area (Å²) in [5, 5.41) is 12.1. The summed E-state index contributed by atoms with van der Waals surface area (Å²) >= 11 is 0. The van der Waals surface area contributed by atoms with Gasteiger partial charge in [-0.25, -0.2) is 4.98 Å². The number of anilines is 2. The molecule has 0 atom stereocenters. The molecule has 3 heteroatoms. The van der Waals surface area contributed by atoms with E-state index in [2.05, 4.69) is 36.3 Å². The summed E-state index contributed by atoms with van der Waals surface area (Å²) in [6.07, 6.45) is 1.77.